The molecule has 9 heteroatoms. The molecule has 2 rings (SSSR count). The first kappa shape index (κ1) is 20.3. The number of amides is 3. The third-order valence-corrected chi connectivity index (χ3v) is 4.43. The summed E-state index contributed by atoms with van der Waals surface area (Å²) in [5, 5.41) is 14.6. The lowest BCUT2D eigenvalue weighted by Crippen LogP contribution is -2.48. The van der Waals surface area contributed by atoms with Gasteiger partial charge in [0.1, 0.15) is 0 Å². The van der Waals surface area contributed by atoms with Crippen molar-refractivity contribution in [2.24, 2.45) is 0 Å². The van der Waals surface area contributed by atoms with E-state index < -0.39 is 17.5 Å². The van der Waals surface area contributed by atoms with Gasteiger partial charge in [-0.1, -0.05) is 23.4 Å². The molecule has 2 N–H and O–H groups in total. The smallest absolute Gasteiger partial charge is 0.321 e. The molecule has 1 heterocycles. The van der Waals surface area contributed by atoms with Crippen LogP contribution < -0.4 is 10.6 Å². The molecule has 3 amide bonds. The molecule has 0 aliphatic rings. The van der Waals surface area contributed by atoms with Gasteiger partial charge in [-0.3, -0.25) is 10.1 Å². The van der Waals surface area contributed by atoms with Crippen molar-refractivity contribution in [3.8, 4) is 11.4 Å². The van der Waals surface area contributed by atoms with E-state index in [1.807, 2.05) is 44.4 Å². The molecule has 0 aliphatic heterocycles. The third kappa shape index (κ3) is 5.74. The van der Waals surface area contributed by atoms with Crippen molar-refractivity contribution in [3.05, 3.63) is 29.3 Å². The van der Waals surface area contributed by atoms with Crippen LogP contribution in [0.3, 0.4) is 0 Å². The number of aromatic nitrogens is 3. The number of nitrogens with zero attached hydrogens (tertiary/aromatic N) is 3. The number of hydrogen-bond donors (Lipinski definition) is 2. The molecule has 1 aromatic heterocycles. The number of urea groups is 1. The second-order valence-electron chi connectivity index (χ2n) is 6.60. The van der Waals surface area contributed by atoms with Crippen LogP contribution in [0.1, 0.15) is 27.7 Å². The van der Waals surface area contributed by atoms with Gasteiger partial charge in [0.15, 0.2) is 11.0 Å². The third-order valence-electron chi connectivity index (χ3n) is 3.21. The lowest BCUT2D eigenvalue weighted by Gasteiger charge is -2.20. The van der Waals surface area contributed by atoms with Crippen molar-refractivity contribution >= 4 is 35.3 Å². The largest absolute Gasteiger partial charge is 0.333 e. The van der Waals surface area contributed by atoms with Crippen LogP contribution in [0, 0.1) is 0 Å². The molecule has 0 bridgehead atoms. The van der Waals surface area contributed by atoms with E-state index in [-0.39, 0.29) is 5.75 Å². The number of imide groups is 1. The molecule has 0 unspecified atom stereocenters. The second kappa shape index (κ2) is 8.55. The van der Waals surface area contributed by atoms with Gasteiger partial charge in [-0.05, 0) is 52.0 Å². The van der Waals surface area contributed by atoms with Crippen LogP contribution in [0.15, 0.2) is 29.4 Å². The van der Waals surface area contributed by atoms with E-state index >= 15 is 0 Å². The van der Waals surface area contributed by atoms with Crippen LogP contribution in [0.4, 0.5) is 4.79 Å². The number of rotatable bonds is 5. The average Bonchev–Trinajstić information content (AvgIpc) is 2.94. The fourth-order valence-electron chi connectivity index (χ4n) is 2.16. The Balaban J connectivity index is 2.01. The SMILES string of the molecule is CCn1c(SCC(=O)NC(=O)NC(C)(C)C)nnc1-c1ccc(Cl)cc1. The summed E-state index contributed by atoms with van der Waals surface area (Å²) >= 11 is 7.15. The maximum absolute atomic E-state index is 12.0. The highest BCUT2D eigenvalue weighted by molar-refractivity contribution is 7.99. The van der Waals surface area contributed by atoms with Gasteiger partial charge in [0.2, 0.25) is 5.91 Å². The van der Waals surface area contributed by atoms with Crippen LogP contribution in [0.5, 0.6) is 0 Å². The molecular formula is C17H22ClN5O2S. The Morgan fingerprint density at radius 1 is 1.19 bits per heavy atom. The highest BCUT2D eigenvalue weighted by Gasteiger charge is 2.18. The highest BCUT2D eigenvalue weighted by atomic mass is 35.5. The Bertz CT molecular complexity index is 783. The van der Waals surface area contributed by atoms with Crippen molar-refractivity contribution in [2.45, 2.75) is 44.9 Å². The molecule has 0 saturated heterocycles. The van der Waals surface area contributed by atoms with Crippen molar-refractivity contribution in [2.75, 3.05) is 5.75 Å². The number of carbonyl (C=O) groups is 2. The number of halogens is 1. The fourth-order valence-corrected chi connectivity index (χ4v) is 3.09. The average molecular weight is 396 g/mol. The molecule has 1 aromatic carbocycles. The summed E-state index contributed by atoms with van der Waals surface area (Å²) in [6.45, 7) is 8.15. The first-order chi connectivity index (χ1) is 12.2. The number of thioether (sulfide) groups is 1. The maximum atomic E-state index is 12.0. The predicted octanol–water partition coefficient (Wildman–Crippen LogP) is 3.33. The molecule has 140 valence electrons. The lowest BCUT2D eigenvalue weighted by molar-refractivity contribution is -0.117. The Morgan fingerprint density at radius 2 is 1.85 bits per heavy atom. The molecule has 0 spiro atoms. The summed E-state index contributed by atoms with van der Waals surface area (Å²) in [4.78, 5) is 23.7. The quantitative estimate of drug-likeness (QED) is 0.758. The first-order valence-corrected chi connectivity index (χ1v) is 9.50. The summed E-state index contributed by atoms with van der Waals surface area (Å²) in [6, 6.07) is 6.81. The van der Waals surface area contributed by atoms with Crippen LogP contribution in [0.25, 0.3) is 11.4 Å². The first-order valence-electron chi connectivity index (χ1n) is 8.13. The van der Waals surface area contributed by atoms with Gasteiger partial charge in [0.25, 0.3) is 0 Å². The van der Waals surface area contributed by atoms with E-state index in [1.54, 1.807) is 12.1 Å². The Labute approximate surface area is 161 Å². The minimum Gasteiger partial charge on any atom is -0.333 e. The molecule has 0 fully saturated rings. The van der Waals surface area contributed by atoms with Gasteiger partial charge >= 0.3 is 6.03 Å². The molecule has 0 radical (unpaired) electrons. The zero-order valence-electron chi connectivity index (χ0n) is 15.2. The maximum Gasteiger partial charge on any atom is 0.321 e. The normalized spacial score (nSPS) is 11.3. The Kier molecular flexibility index (Phi) is 6.66. The Morgan fingerprint density at radius 3 is 2.42 bits per heavy atom. The van der Waals surface area contributed by atoms with Gasteiger partial charge in [0, 0.05) is 22.7 Å². The summed E-state index contributed by atoms with van der Waals surface area (Å²) in [5.41, 5.74) is 0.484. The zero-order chi connectivity index (χ0) is 19.3. The van der Waals surface area contributed by atoms with Crippen LogP contribution >= 0.6 is 23.4 Å². The van der Waals surface area contributed by atoms with Crippen molar-refractivity contribution in [1.82, 2.24) is 25.4 Å². The monoisotopic (exact) mass is 395 g/mol. The summed E-state index contributed by atoms with van der Waals surface area (Å²) in [5.74, 6) is 0.379. The van der Waals surface area contributed by atoms with E-state index in [0.29, 0.717) is 22.5 Å². The molecule has 0 aliphatic carbocycles. The molecular weight excluding hydrogens is 374 g/mol. The summed E-state index contributed by atoms with van der Waals surface area (Å²) in [7, 11) is 0. The highest BCUT2D eigenvalue weighted by Crippen LogP contribution is 2.24. The van der Waals surface area contributed by atoms with E-state index in [0.717, 1.165) is 5.56 Å². The zero-order valence-corrected chi connectivity index (χ0v) is 16.7. The number of carbonyl (C=O) groups excluding carboxylic acids is 2. The van der Waals surface area contributed by atoms with Crippen LogP contribution in [-0.4, -0.2) is 38.0 Å². The lowest BCUT2D eigenvalue weighted by atomic mass is 10.1. The fraction of sp³-hybridized carbons (Fsp3) is 0.412. The van der Waals surface area contributed by atoms with Crippen molar-refractivity contribution in [3.63, 3.8) is 0 Å². The van der Waals surface area contributed by atoms with Crippen molar-refractivity contribution in [1.29, 1.82) is 0 Å². The van der Waals surface area contributed by atoms with Crippen LogP contribution in [-0.2, 0) is 11.3 Å². The van der Waals surface area contributed by atoms with E-state index in [4.69, 9.17) is 11.6 Å². The topological polar surface area (TPSA) is 88.9 Å². The number of nitrogens with one attached hydrogen (secondary N) is 2. The van der Waals surface area contributed by atoms with E-state index in [2.05, 4.69) is 20.8 Å². The minimum absolute atomic E-state index is 0.0658. The molecule has 0 atom stereocenters. The van der Waals surface area contributed by atoms with Gasteiger partial charge in [-0.25, -0.2) is 4.79 Å². The molecule has 7 nitrogen and oxygen atoms in total. The van der Waals surface area contributed by atoms with E-state index in [9.17, 15) is 9.59 Å². The summed E-state index contributed by atoms with van der Waals surface area (Å²) in [6.07, 6.45) is 0. The summed E-state index contributed by atoms with van der Waals surface area (Å²) < 4.78 is 1.91. The van der Waals surface area contributed by atoms with Gasteiger partial charge in [-0.15, -0.1) is 10.2 Å². The molecule has 0 saturated carbocycles. The molecule has 2 aromatic rings. The Hall–Kier alpha value is -2.06. The van der Waals surface area contributed by atoms with Gasteiger partial charge < -0.3 is 9.88 Å². The number of hydrogen-bond acceptors (Lipinski definition) is 5. The van der Waals surface area contributed by atoms with Crippen molar-refractivity contribution < 1.29 is 9.59 Å². The number of benzene rings is 1. The predicted molar refractivity (Wildman–Crippen MR) is 103 cm³/mol. The molecule has 26 heavy (non-hydrogen) atoms. The van der Waals surface area contributed by atoms with Gasteiger partial charge in [-0.2, -0.15) is 0 Å². The van der Waals surface area contributed by atoms with E-state index in [1.165, 1.54) is 11.8 Å². The standard InChI is InChI=1S/C17H22ClN5O2S/c1-5-23-14(11-6-8-12(18)9-7-11)21-22-16(23)26-10-13(24)19-15(25)20-17(2,3)4/h6-9H,5,10H2,1-4H3,(H2,19,20,24,25). The van der Waals surface area contributed by atoms with Gasteiger partial charge in [0.05, 0.1) is 5.75 Å². The second-order valence-corrected chi connectivity index (χ2v) is 7.98. The minimum atomic E-state index is -0.512. The van der Waals surface area contributed by atoms with Crippen LogP contribution in [0.2, 0.25) is 5.02 Å².